The molecule has 1 unspecified atom stereocenters. The minimum absolute atomic E-state index is 0.479. The van der Waals surface area contributed by atoms with Crippen molar-refractivity contribution in [3.05, 3.63) is 30.1 Å². The van der Waals surface area contributed by atoms with E-state index in [1.807, 2.05) is 0 Å². The fourth-order valence-corrected chi connectivity index (χ4v) is 1.82. The molecule has 0 saturated carbocycles. The zero-order chi connectivity index (χ0) is 12.1. The summed E-state index contributed by atoms with van der Waals surface area (Å²) in [5.74, 6) is 0. The van der Waals surface area contributed by atoms with Crippen LogP contribution >= 0.6 is 0 Å². The minimum Gasteiger partial charge on any atom is -0.345 e. The Morgan fingerprint density at radius 3 is 3.12 bits per heavy atom. The smallest absolute Gasteiger partial charge is 0.0931 e. The van der Waals surface area contributed by atoms with Gasteiger partial charge in [-0.1, -0.05) is 13.0 Å². The molecule has 17 heavy (non-hydrogen) atoms. The molecule has 92 valence electrons. The van der Waals surface area contributed by atoms with Crippen molar-refractivity contribution < 1.29 is 0 Å². The van der Waals surface area contributed by atoms with Crippen molar-refractivity contribution in [3.63, 3.8) is 0 Å². The van der Waals surface area contributed by atoms with E-state index in [1.54, 1.807) is 6.33 Å². The molecule has 0 spiro atoms. The molecule has 1 heterocycles. The molecule has 3 N–H and O–H groups in total. The van der Waals surface area contributed by atoms with Crippen LogP contribution < -0.4 is 10.6 Å². The summed E-state index contributed by atoms with van der Waals surface area (Å²) in [7, 11) is 0. The number of hydrogen-bond acceptors (Lipinski definition) is 3. The standard InChI is InChI=1S/C13H20N4/c1-3-14-7-10(2)15-8-11-4-5-12-13(6-11)17-9-16-12/h4-6,9-10,14-15H,3,7-8H2,1-2H3,(H,16,17). The molecule has 0 bridgehead atoms. The first kappa shape index (κ1) is 12.1. The van der Waals surface area contributed by atoms with Crippen molar-refractivity contribution in [2.24, 2.45) is 0 Å². The van der Waals surface area contributed by atoms with Crippen LogP contribution in [0.25, 0.3) is 11.0 Å². The number of benzene rings is 1. The lowest BCUT2D eigenvalue weighted by Crippen LogP contribution is -2.35. The highest BCUT2D eigenvalue weighted by Crippen LogP contribution is 2.11. The molecule has 0 amide bonds. The third-order valence-corrected chi connectivity index (χ3v) is 2.84. The van der Waals surface area contributed by atoms with E-state index in [9.17, 15) is 0 Å². The molecule has 0 fully saturated rings. The molecule has 0 aliphatic heterocycles. The monoisotopic (exact) mass is 232 g/mol. The van der Waals surface area contributed by atoms with Gasteiger partial charge in [0.2, 0.25) is 0 Å². The van der Waals surface area contributed by atoms with Crippen LogP contribution in [-0.4, -0.2) is 29.1 Å². The van der Waals surface area contributed by atoms with Gasteiger partial charge < -0.3 is 15.6 Å². The Labute approximate surface area is 102 Å². The topological polar surface area (TPSA) is 52.7 Å². The number of nitrogens with zero attached hydrogens (tertiary/aromatic N) is 1. The number of H-pyrrole nitrogens is 1. The van der Waals surface area contributed by atoms with Crippen LogP contribution in [0.15, 0.2) is 24.5 Å². The Morgan fingerprint density at radius 1 is 1.41 bits per heavy atom. The van der Waals surface area contributed by atoms with Crippen LogP contribution in [-0.2, 0) is 6.54 Å². The first-order chi connectivity index (χ1) is 8.29. The van der Waals surface area contributed by atoms with Gasteiger partial charge in [-0.25, -0.2) is 4.98 Å². The van der Waals surface area contributed by atoms with Crippen LogP contribution in [0.2, 0.25) is 0 Å². The Hall–Kier alpha value is -1.39. The Balaban J connectivity index is 1.89. The fraction of sp³-hybridized carbons (Fsp3) is 0.462. The molecule has 0 aliphatic rings. The summed E-state index contributed by atoms with van der Waals surface area (Å²) in [5.41, 5.74) is 3.41. The molecule has 4 heteroatoms. The van der Waals surface area contributed by atoms with Crippen LogP contribution in [0.1, 0.15) is 19.4 Å². The largest absolute Gasteiger partial charge is 0.345 e. The average molecular weight is 232 g/mol. The van der Waals surface area contributed by atoms with Crippen molar-refractivity contribution in [2.45, 2.75) is 26.4 Å². The molecule has 0 saturated heterocycles. The first-order valence-corrected chi connectivity index (χ1v) is 6.15. The van der Waals surface area contributed by atoms with Gasteiger partial charge in [-0.2, -0.15) is 0 Å². The lowest BCUT2D eigenvalue weighted by atomic mass is 10.2. The van der Waals surface area contributed by atoms with Crippen LogP contribution in [0.5, 0.6) is 0 Å². The molecule has 1 aromatic carbocycles. The summed E-state index contributed by atoms with van der Waals surface area (Å²) in [6.45, 7) is 7.23. The predicted molar refractivity (Wildman–Crippen MR) is 70.9 cm³/mol. The lowest BCUT2D eigenvalue weighted by Gasteiger charge is -2.14. The van der Waals surface area contributed by atoms with Crippen molar-refractivity contribution in [2.75, 3.05) is 13.1 Å². The SMILES string of the molecule is CCNCC(C)NCc1ccc2nc[nH]c2c1. The Bertz CT molecular complexity index is 463. The van der Waals surface area contributed by atoms with E-state index in [2.05, 4.69) is 52.6 Å². The van der Waals surface area contributed by atoms with Crippen molar-refractivity contribution in [1.82, 2.24) is 20.6 Å². The van der Waals surface area contributed by atoms with Gasteiger partial charge in [-0.05, 0) is 31.2 Å². The predicted octanol–water partition coefficient (Wildman–Crippen LogP) is 1.65. The maximum Gasteiger partial charge on any atom is 0.0931 e. The summed E-state index contributed by atoms with van der Waals surface area (Å²) < 4.78 is 0. The summed E-state index contributed by atoms with van der Waals surface area (Å²) in [5, 5.41) is 6.82. The molecule has 2 rings (SSSR count). The second-order valence-corrected chi connectivity index (χ2v) is 4.34. The van der Waals surface area contributed by atoms with Gasteiger partial charge in [0.25, 0.3) is 0 Å². The van der Waals surface area contributed by atoms with E-state index in [-0.39, 0.29) is 0 Å². The quantitative estimate of drug-likeness (QED) is 0.710. The second kappa shape index (κ2) is 5.80. The second-order valence-electron chi connectivity index (χ2n) is 4.34. The molecular weight excluding hydrogens is 212 g/mol. The first-order valence-electron chi connectivity index (χ1n) is 6.15. The van der Waals surface area contributed by atoms with Crippen molar-refractivity contribution >= 4 is 11.0 Å². The van der Waals surface area contributed by atoms with Crippen LogP contribution in [0.4, 0.5) is 0 Å². The highest BCUT2D eigenvalue weighted by atomic mass is 15.0. The minimum atomic E-state index is 0.479. The highest BCUT2D eigenvalue weighted by molar-refractivity contribution is 5.74. The van der Waals surface area contributed by atoms with Crippen LogP contribution in [0, 0.1) is 0 Å². The van der Waals surface area contributed by atoms with E-state index in [1.165, 1.54) is 5.56 Å². The van der Waals surface area contributed by atoms with Gasteiger partial charge in [0.1, 0.15) is 0 Å². The maximum absolute atomic E-state index is 4.21. The van der Waals surface area contributed by atoms with Gasteiger partial charge in [-0.3, -0.25) is 0 Å². The van der Waals surface area contributed by atoms with Crippen molar-refractivity contribution in [1.29, 1.82) is 0 Å². The van der Waals surface area contributed by atoms with Gasteiger partial charge >= 0.3 is 0 Å². The molecule has 2 aromatic rings. The summed E-state index contributed by atoms with van der Waals surface area (Å²) in [6.07, 6.45) is 1.73. The van der Waals surface area contributed by atoms with E-state index in [0.29, 0.717) is 6.04 Å². The maximum atomic E-state index is 4.21. The van der Waals surface area contributed by atoms with Gasteiger partial charge in [0.15, 0.2) is 0 Å². The van der Waals surface area contributed by atoms with Crippen molar-refractivity contribution in [3.8, 4) is 0 Å². The molecule has 1 atom stereocenters. The number of likely N-dealkylation sites (N-methyl/N-ethyl adjacent to an activating group) is 1. The lowest BCUT2D eigenvalue weighted by molar-refractivity contribution is 0.509. The van der Waals surface area contributed by atoms with E-state index in [4.69, 9.17) is 0 Å². The zero-order valence-electron chi connectivity index (χ0n) is 10.5. The van der Waals surface area contributed by atoms with E-state index >= 15 is 0 Å². The average Bonchev–Trinajstić information content (AvgIpc) is 2.81. The third-order valence-electron chi connectivity index (χ3n) is 2.84. The molecule has 1 aromatic heterocycles. The van der Waals surface area contributed by atoms with E-state index in [0.717, 1.165) is 30.7 Å². The van der Waals surface area contributed by atoms with Gasteiger partial charge in [-0.15, -0.1) is 0 Å². The number of nitrogens with one attached hydrogen (secondary N) is 3. The molecule has 0 aliphatic carbocycles. The Kier molecular flexibility index (Phi) is 4.12. The highest BCUT2D eigenvalue weighted by Gasteiger charge is 2.02. The summed E-state index contributed by atoms with van der Waals surface area (Å²) in [4.78, 5) is 7.34. The van der Waals surface area contributed by atoms with E-state index < -0.39 is 0 Å². The summed E-state index contributed by atoms with van der Waals surface area (Å²) >= 11 is 0. The molecular formula is C13H20N4. The number of imidazole rings is 1. The zero-order valence-corrected chi connectivity index (χ0v) is 10.5. The normalized spacial score (nSPS) is 13.1. The number of rotatable bonds is 6. The molecule has 0 radical (unpaired) electrons. The number of fused-ring (bicyclic) bond motifs is 1. The van der Waals surface area contributed by atoms with Gasteiger partial charge in [0, 0.05) is 19.1 Å². The fourth-order valence-electron chi connectivity index (χ4n) is 1.82. The van der Waals surface area contributed by atoms with Gasteiger partial charge in [0.05, 0.1) is 17.4 Å². The molecule has 4 nitrogen and oxygen atoms in total. The number of hydrogen-bond donors (Lipinski definition) is 3. The third kappa shape index (κ3) is 3.28. The summed E-state index contributed by atoms with van der Waals surface area (Å²) in [6, 6.07) is 6.80. The number of aromatic nitrogens is 2. The van der Waals surface area contributed by atoms with Crippen LogP contribution in [0.3, 0.4) is 0 Å². The Morgan fingerprint density at radius 2 is 2.29 bits per heavy atom. The number of aromatic amines is 1.